The molecule has 2 aromatic carbocycles. The average molecular weight is 347 g/mol. The second kappa shape index (κ2) is 8.67. The van der Waals surface area contributed by atoms with Crippen LogP contribution in [0, 0.1) is 0 Å². The first kappa shape index (κ1) is 17.5. The predicted molar refractivity (Wildman–Crippen MR) is 104 cm³/mol. The first-order chi connectivity index (χ1) is 12.7. The quantitative estimate of drug-likeness (QED) is 0.694. The summed E-state index contributed by atoms with van der Waals surface area (Å²) >= 11 is 0. The zero-order valence-corrected chi connectivity index (χ0v) is 14.6. The van der Waals surface area contributed by atoms with Crippen molar-refractivity contribution in [2.24, 2.45) is 0 Å². The maximum Gasteiger partial charge on any atom is 0.228 e. The number of amides is 1. The smallest absolute Gasteiger partial charge is 0.228 e. The van der Waals surface area contributed by atoms with E-state index in [-0.39, 0.29) is 12.3 Å². The minimum absolute atomic E-state index is 0.127. The van der Waals surface area contributed by atoms with Gasteiger partial charge in [-0.15, -0.1) is 0 Å². The number of pyridine rings is 1. The zero-order valence-electron chi connectivity index (χ0n) is 14.6. The molecule has 26 heavy (non-hydrogen) atoms. The topological polar surface area (TPSA) is 54.5 Å². The maximum atomic E-state index is 12.0. The molecule has 0 spiro atoms. The van der Waals surface area contributed by atoms with Crippen LogP contribution in [0.25, 0.3) is 0 Å². The SMILES string of the molecule is CN(c1ccccc1)c1ccc(NC(=O)CCOc2ccccc2)nc1. The van der Waals surface area contributed by atoms with Gasteiger partial charge in [0, 0.05) is 12.7 Å². The lowest BCUT2D eigenvalue weighted by molar-refractivity contribution is -0.116. The normalized spacial score (nSPS) is 10.2. The van der Waals surface area contributed by atoms with Gasteiger partial charge in [0.25, 0.3) is 0 Å². The monoisotopic (exact) mass is 347 g/mol. The largest absolute Gasteiger partial charge is 0.493 e. The lowest BCUT2D eigenvalue weighted by atomic mass is 10.2. The average Bonchev–Trinajstić information content (AvgIpc) is 2.69. The van der Waals surface area contributed by atoms with Gasteiger partial charge in [-0.1, -0.05) is 36.4 Å². The molecule has 5 nitrogen and oxygen atoms in total. The van der Waals surface area contributed by atoms with Gasteiger partial charge in [-0.25, -0.2) is 4.98 Å². The number of carbonyl (C=O) groups is 1. The van der Waals surface area contributed by atoms with Crippen LogP contribution < -0.4 is 15.0 Å². The van der Waals surface area contributed by atoms with Crippen LogP contribution >= 0.6 is 0 Å². The van der Waals surface area contributed by atoms with Crippen molar-refractivity contribution < 1.29 is 9.53 Å². The number of benzene rings is 2. The number of hydrogen-bond donors (Lipinski definition) is 1. The fourth-order valence-electron chi connectivity index (χ4n) is 2.44. The Morgan fingerprint density at radius 3 is 2.31 bits per heavy atom. The van der Waals surface area contributed by atoms with Crippen LogP contribution in [0.15, 0.2) is 79.0 Å². The van der Waals surface area contributed by atoms with Gasteiger partial charge < -0.3 is 15.0 Å². The highest BCUT2D eigenvalue weighted by Crippen LogP contribution is 2.23. The Kier molecular flexibility index (Phi) is 5.83. The van der Waals surface area contributed by atoms with Gasteiger partial charge in [0.05, 0.1) is 24.9 Å². The molecule has 0 aliphatic heterocycles. The second-order valence-electron chi connectivity index (χ2n) is 5.76. The van der Waals surface area contributed by atoms with E-state index in [4.69, 9.17) is 4.74 Å². The Morgan fingerprint density at radius 2 is 1.65 bits per heavy atom. The molecule has 132 valence electrons. The summed E-state index contributed by atoms with van der Waals surface area (Å²) < 4.78 is 5.53. The molecule has 5 heteroatoms. The highest BCUT2D eigenvalue weighted by molar-refractivity contribution is 5.89. The summed E-state index contributed by atoms with van der Waals surface area (Å²) in [5.41, 5.74) is 2.02. The number of nitrogens with one attached hydrogen (secondary N) is 1. The number of aromatic nitrogens is 1. The van der Waals surface area contributed by atoms with Crippen LogP contribution in [0.5, 0.6) is 5.75 Å². The van der Waals surface area contributed by atoms with E-state index in [2.05, 4.69) is 10.3 Å². The third kappa shape index (κ3) is 4.83. The minimum Gasteiger partial charge on any atom is -0.493 e. The highest BCUT2D eigenvalue weighted by Gasteiger charge is 2.07. The Hall–Kier alpha value is -3.34. The molecule has 0 fully saturated rings. The van der Waals surface area contributed by atoms with E-state index in [0.717, 1.165) is 17.1 Å². The summed E-state index contributed by atoms with van der Waals surface area (Å²) in [6.45, 7) is 0.324. The Balaban J connectivity index is 1.50. The molecule has 0 radical (unpaired) electrons. The number of ether oxygens (including phenoxy) is 1. The number of nitrogens with zero attached hydrogens (tertiary/aromatic N) is 2. The van der Waals surface area contributed by atoms with Crippen LogP contribution in [0.2, 0.25) is 0 Å². The molecule has 1 N–H and O–H groups in total. The van der Waals surface area contributed by atoms with Crippen molar-refractivity contribution in [3.8, 4) is 5.75 Å². The molecule has 0 atom stereocenters. The number of carbonyl (C=O) groups excluding carboxylic acids is 1. The predicted octanol–water partition coefficient (Wildman–Crippen LogP) is 4.26. The molecular formula is C21H21N3O2. The Bertz CT molecular complexity index is 821. The summed E-state index contributed by atoms with van der Waals surface area (Å²) in [4.78, 5) is 18.4. The van der Waals surface area contributed by atoms with Crippen LogP contribution in [0.1, 0.15) is 6.42 Å². The van der Waals surface area contributed by atoms with Crippen molar-refractivity contribution in [3.05, 3.63) is 79.0 Å². The van der Waals surface area contributed by atoms with Crippen molar-refractivity contribution >= 4 is 23.1 Å². The van der Waals surface area contributed by atoms with Gasteiger partial charge >= 0.3 is 0 Å². The van der Waals surface area contributed by atoms with Crippen molar-refractivity contribution in [2.45, 2.75) is 6.42 Å². The van der Waals surface area contributed by atoms with E-state index in [1.165, 1.54) is 0 Å². The summed E-state index contributed by atoms with van der Waals surface area (Å²) in [5, 5.41) is 2.79. The first-order valence-corrected chi connectivity index (χ1v) is 8.45. The van der Waals surface area contributed by atoms with E-state index in [1.807, 2.05) is 78.7 Å². The molecule has 0 saturated heterocycles. The van der Waals surface area contributed by atoms with Gasteiger partial charge in [0.2, 0.25) is 5.91 Å². The summed E-state index contributed by atoms with van der Waals surface area (Å²) in [5.74, 6) is 1.16. The minimum atomic E-state index is -0.127. The molecule has 3 rings (SSSR count). The first-order valence-electron chi connectivity index (χ1n) is 8.45. The standard InChI is InChI=1S/C21H21N3O2/c1-24(17-8-4-2-5-9-17)18-12-13-20(22-16-18)23-21(25)14-15-26-19-10-6-3-7-11-19/h2-13,16H,14-15H2,1H3,(H,22,23,25). The number of anilines is 3. The summed E-state index contributed by atoms with van der Waals surface area (Å²) in [6.07, 6.45) is 2.01. The number of hydrogen-bond acceptors (Lipinski definition) is 4. The molecule has 0 unspecified atom stereocenters. The fourth-order valence-corrected chi connectivity index (χ4v) is 2.44. The Labute approximate surface area is 153 Å². The van der Waals surface area contributed by atoms with Gasteiger partial charge in [0.15, 0.2) is 0 Å². The van der Waals surface area contributed by atoms with Gasteiger partial charge in [-0.2, -0.15) is 0 Å². The molecule has 1 aromatic heterocycles. The van der Waals surface area contributed by atoms with Crippen LogP contribution in [-0.2, 0) is 4.79 Å². The van der Waals surface area contributed by atoms with E-state index < -0.39 is 0 Å². The lowest BCUT2D eigenvalue weighted by Gasteiger charge is -2.19. The van der Waals surface area contributed by atoms with Crippen LogP contribution in [0.3, 0.4) is 0 Å². The molecule has 0 bridgehead atoms. The van der Waals surface area contributed by atoms with Gasteiger partial charge in [0.1, 0.15) is 11.6 Å². The molecule has 0 saturated carbocycles. The Morgan fingerprint density at radius 1 is 0.962 bits per heavy atom. The summed E-state index contributed by atoms with van der Waals surface area (Å²) in [7, 11) is 1.98. The third-order valence-electron chi connectivity index (χ3n) is 3.89. The van der Waals surface area contributed by atoms with Crippen molar-refractivity contribution in [3.63, 3.8) is 0 Å². The van der Waals surface area contributed by atoms with E-state index in [0.29, 0.717) is 12.4 Å². The maximum absolute atomic E-state index is 12.0. The zero-order chi connectivity index (χ0) is 18.2. The van der Waals surface area contributed by atoms with Crippen molar-refractivity contribution in [2.75, 3.05) is 23.9 Å². The number of rotatable bonds is 7. The molecule has 3 aromatic rings. The van der Waals surface area contributed by atoms with Gasteiger partial charge in [-0.3, -0.25) is 4.79 Å². The van der Waals surface area contributed by atoms with E-state index in [1.54, 1.807) is 12.3 Å². The second-order valence-corrected chi connectivity index (χ2v) is 5.76. The van der Waals surface area contributed by atoms with Crippen molar-refractivity contribution in [1.82, 2.24) is 4.98 Å². The van der Waals surface area contributed by atoms with E-state index >= 15 is 0 Å². The molecular weight excluding hydrogens is 326 g/mol. The van der Waals surface area contributed by atoms with Crippen LogP contribution in [-0.4, -0.2) is 24.5 Å². The molecule has 0 aliphatic rings. The molecule has 1 amide bonds. The third-order valence-corrected chi connectivity index (χ3v) is 3.89. The van der Waals surface area contributed by atoms with Crippen LogP contribution in [0.4, 0.5) is 17.2 Å². The van der Waals surface area contributed by atoms with Gasteiger partial charge in [-0.05, 0) is 36.4 Å². The molecule has 0 aliphatic carbocycles. The van der Waals surface area contributed by atoms with E-state index in [9.17, 15) is 4.79 Å². The van der Waals surface area contributed by atoms with Crippen molar-refractivity contribution in [1.29, 1.82) is 0 Å². The lowest BCUT2D eigenvalue weighted by Crippen LogP contribution is -2.16. The highest BCUT2D eigenvalue weighted by atomic mass is 16.5. The fraction of sp³-hybridized carbons (Fsp3) is 0.143. The number of para-hydroxylation sites is 2. The summed E-state index contributed by atoms with van der Waals surface area (Å²) in [6, 6.07) is 23.2. The molecule has 1 heterocycles.